The first kappa shape index (κ1) is 16.2. The minimum Gasteiger partial charge on any atom is -0.326 e. The molecular formula is C20H22N2O2. The lowest BCUT2D eigenvalue weighted by Gasteiger charge is -2.17. The largest absolute Gasteiger partial charge is 0.326 e. The summed E-state index contributed by atoms with van der Waals surface area (Å²) in [6.45, 7) is 4.50. The van der Waals surface area contributed by atoms with Gasteiger partial charge in [0.25, 0.3) is 0 Å². The molecule has 0 aliphatic carbocycles. The number of aryl methyl sites for hydroxylation is 2. The molecule has 0 spiro atoms. The second-order valence-corrected chi connectivity index (χ2v) is 6.24. The number of hydrogen-bond acceptors (Lipinski definition) is 2. The summed E-state index contributed by atoms with van der Waals surface area (Å²) in [5.41, 5.74) is 3.95. The maximum Gasteiger partial charge on any atom is 0.229 e. The molecule has 0 unspecified atom stereocenters. The van der Waals surface area contributed by atoms with Crippen molar-refractivity contribution in [1.82, 2.24) is 0 Å². The normalized spacial score (nSPS) is 17.2. The Hall–Kier alpha value is -2.62. The van der Waals surface area contributed by atoms with Crippen LogP contribution in [0.5, 0.6) is 0 Å². The third-order valence-electron chi connectivity index (χ3n) is 4.50. The van der Waals surface area contributed by atoms with Crippen LogP contribution in [-0.4, -0.2) is 18.4 Å². The van der Waals surface area contributed by atoms with E-state index in [1.807, 2.05) is 55.5 Å². The van der Waals surface area contributed by atoms with E-state index in [0.29, 0.717) is 6.54 Å². The Morgan fingerprint density at radius 3 is 2.58 bits per heavy atom. The Morgan fingerprint density at radius 1 is 1.17 bits per heavy atom. The molecule has 1 aliphatic rings. The van der Waals surface area contributed by atoms with Gasteiger partial charge in [-0.15, -0.1) is 0 Å². The van der Waals surface area contributed by atoms with Crippen LogP contribution in [0.25, 0.3) is 0 Å². The Kier molecular flexibility index (Phi) is 4.65. The highest BCUT2D eigenvalue weighted by atomic mass is 16.2. The fourth-order valence-corrected chi connectivity index (χ4v) is 3.04. The van der Waals surface area contributed by atoms with Crippen LogP contribution in [0.2, 0.25) is 0 Å². The van der Waals surface area contributed by atoms with Gasteiger partial charge in [-0.2, -0.15) is 0 Å². The predicted molar refractivity (Wildman–Crippen MR) is 96.1 cm³/mol. The molecule has 124 valence electrons. The maximum atomic E-state index is 12.6. The fraction of sp³-hybridized carbons (Fsp3) is 0.300. The summed E-state index contributed by atoms with van der Waals surface area (Å²) < 4.78 is 0. The van der Waals surface area contributed by atoms with Crippen molar-refractivity contribution >= 4 is 23.2 Å². The van der Waals surface area contributed by atoms with E-state index in [2.05, 4.69) is 12.2 Å². The van der Waals surface area contributed by atoms with E-state index in [4.69, 9.17) is 0 Å². The highest BCUT2D eigenvalue weighted by Gasteiger charge is 2.35. The second kappa shape index (κ2) is 6.87. The average Bonchev–Trinajstić information content (AvgIpc) is 2.98. The molecule has 1 saturated heterocycles. The van der Waals surface area contributed by atoms with E-state index < -0.39 is 0 Å². The van der Waals surface area contributed by atoms with Crippen LogP contribution in [0.15, 0.2) is 48.5 Å². The molecule has 1 heterocycles. The summed E-state index contributed by atoms with van der Waals surface area (Å²) in [4.78, 5) is 26.6. The van der Waals surface area contributed by atoms with Gasteiger partial charge in [-0.1, -0.05) is 42.8 Å². The third kappa shape index (κ3) is 3.32. The number of rotatable bonds is 4. The van der Waals surface area contributed by atoms with Gasteiger partial charge in [-0.25, -0.2) is 0 Å². The molecule has 24 heavy (non-hydrogen) atoms. The monoisotopic (exact) mass is 322 g/mol. The molecule has 1 fully saturated rings. The van der Waals surface area contributed by atoms with Crippen LogP contribution < -0.4 is 10.2 Å². The van der Waals surface area contributed by atoms with Crippen LogP contribution in [0.1, 0.15) is 24.5 Å². The van der Waals surface area contributed by atoms with Crippen molar-refractivity contribution in [2.75, 3.05) is 16.8 Å². The van der Waals surface area contributed by atoms with Gasteiger partial charge < -0.3 is 10.2 Å². The molecule has 0 bridgehead atoms. The smallest absolute Gasteiger partial charge is 0.229 e. The first-order valence-corrected chi connectivity index (χ1v) is 8.34. The molecule has 1 N–H and O–H groups in total. The van der Waals surface area contributed by atoms with Crippen molar-refractivity contribution in [3.05, 3.63) is 59.7 Å². The van der Waals surface area contributed by atoms with Crippen LogP contribution in [0.3, 0.4) is 0 Å². The first-order chi connectivity index (χ1) is 11.6. The molecule has 0 saturated carbocycles. The number of carbonyl (C=O) groups is 2. The second-order valence-electron chi connectivity index (χ2n) is 6.24. The number of anilines is 2. The molecule has 2 amide bonds. The zero-order valence-electron chi connectivity index (χ0n) is 14.1. The van der Waals surface area contributed by atoms with Gasteiger partial charge in [0, 0.05) is 24.3 Å². The minimum atomic E-state index is -0.316. The van der Waals surface area contributed by atoms with Gasteiger partial charge in [-0.05, 0) is 37.1 Å². The van der Waals surface area contributed by atoms with Gasteiger partial charge in [0.15, 0.2) is 0 Å². The van der Waals surface area contributed by atoms with Crippen molar-refractivity contribution in [2.24, 2.45) is 5.92 Å². The molecular weight excluding hydrogens is 300 g/mol. The molecule has 1 atom stereocenters. The van der Waals surface area contributed by atoms with Crippen molar-refractivity contribution in [2.45, 2.75) is 26.7 Å². The average molecular weight is 322 g/mol. The summed E-state index contributed by atoms with van der Waals surface area (Å²) in [5, 5.41) is 2.99. The van der Waals surface area contributed by atoms with Crippen LogP contribution >= 0.6 is 0 Å². The van der Waals surface area contributed by atoms with E-state index in [1.165, 1.54) is 0 Å². The minimum absolute atomic E-state index is 0.00257. The van der Waals surface area contributed by atoms with E-state index in [1.54, 1.807) is 4.90 Å². The lowest BCUT2D eigenvalue weighted by Crippen LogP contribution is -2.28. The number of hydrogen-bond donors (Lipinski definition) is 1. The van der Waals surface area contributed by atoms with Gasteiger partial charge in [0.1, 0.15) is 0 Å². The van der Waals surface area contributed by atoms with E-state index in [0.717, 1.165) is 28.9 Å². The zero-order chi connectivity index (χ0) is 17.1. The zero-order valence-corrected chi connectivity index (χ0v) is 14.1. The summed E-state index contributed by atoms with van der Waals surface area (Å²) >= 11 is 0. The number of amides is 2. The van der Waals surface area contributed by atoms with Gasteiger partial charge in [-0.3, -0.25) is 9.59 Å². The highest BCUT2D eigenvalue weighted by Crippen LogP contribution is 2.27. The van der Waals surface area contributed by atoms with E-state index >= 15 is 0 Å². The maximum absolute atomic E-state index is 12.6. The lowest BCUT2D eigenvalue weighted by atomic mass is 10.1. The number of nitrogens with zero attached hydrogens (tertiary/aromatic N) is 1. The molecule has 0 aromatic heterocycles. The Morgan fingerprint density at radius 2 is 1.88 bits per heavy atom. The number of carbonyl (C=O) groups excluding carboxylic acids is 2. The van der Waals surface area contributed by atoms with Crippen molar-refractivity contribution in [3.8, 4) is 0 Å². The fourth-order valence-electron chi connectivity index (χ4n) is 3.04. The molecule has 4 heteroatoms. The Bertz CT molecular complexity index is 752. The van der Waals surface area contributed by atoms with E-state index in [9.17, 15) is 9.59 Å². The molecule has 3 rings (SSSR count). The van der Waals surface area contributed by atoms with Crippen LogP contribution in [-0.2, 0) is 16.0 Å². The number of benzene rings is 2. The topological polar surface area (TPSA) is 49.4 Å². The van der Waals surface area contributed by atoms with Crippen LogP contribution in [0.4, 0.5) is 11.4 Å². The SMILES string of the molecule is CCc1ccccc1NC(=O)[C@@H]1CC(=O)N(c2ccc(C)cc2)C1. The van der Waals surface area contributed by atoms with Crippen molar-refractivity contribution in [3.63, 3.8) is 0 Å². The summed E-state index contributed by atoms with van der Waals surface area (Å²) in [7, 11) is 0. The quantitative estimate of drug-likeness (QED) is 0.936. The van der Waals surface area contributed by atoms with Gasteiger partial charge >= 0.3 is 0 Å². The Labute approximate surface area is 142 Å². The standard InChI is InChI=1S/C20H22N2O2/c1-3-15-6-4-5-7-18(15)21-20(24)16-12-19(23)22(13-16)17-10-8-14(2)9-11-17/h4-11,16H,3,12-13H2,1-2H3,(H,21,24)/t16-/m1/s1. The Balaban J connectivity index is 1.71. The molecule has 4 nitrogen and oxygen atoms in total. The van der Waals surface area contributed by atoms with E-state index in [-0.39, 0.29) is 24.2 Å². The van der Waals surface area contributed by atoms with Gasteiger partial charge in [0.05, 0.1) is 5.92 Å². The number of para-hydroxylation sites is 1. The molecule has 1 aliphatic heterocycles. The van der Waals surface area contributed by atoms with Gasteiger partial charge in [0.2, 0.25) is 11.8 Å². The predicted octanol–water partition coefficient (Wildman–Crippen LogP) is 3.55. The summed E-state index contributed by atoms with van der Waals surface area (Å²) in [6, 6.07) is 15.6. The highest BCUT2D eigenvalue weighted by molar-refractivity contribution is 6.03. The van der Waals surface area contributed by atoms with Crippen molar-refractivity contribution < 1.29 is 9.59 Å². The lowest BCUT2D eigenvalue weighted by molar-refractivity contribution is -0.122. The molecule has 2 aromatic carbocycles. The molecule has 0 radical (unpaired) electrons. The number of nitrogens with one attached hydrogen (secondary N) is 1. The van der Waals surface area contributed by atoms with Crippen molar-refractivity contribution in [1.29, 1.82) is 0 Å². The summed E-state index contributed by atoms with van der Waals surface area (Å²) in [5.74, 6) is -0.398. The first-order valence-electron chi connectivity index (χ1n) is 8.34. The van der Waals surface area contributed by atoms with Crippen LogP contribution in [0, 0.1) is 12.8 Å². The summed E-state index contributed by atoms with van der Waals surface area (Å²) in [6.07, 6.45) is 1.11. The molecule has 2 aromatic rings. The third-order valence-corrected chi connectivity index (χ3v) is 4.50.